The molecular weight excluding hydrogens is 260 g/mol. The van der Waals surface area contributed by atoms with Crippen LogP contribution in [0.25, 0.3) is 0 Å². The molecule has 0 amide bonds. The lowest BCUT2D eigenvalue weighted by atomic mass is 9.90. The lowest BCUT2D eigenvalue weighted by Gasteiger charge is -2.27. The van der Waals surface area contributed by atoms with Crippen molar-refractivity contribution in [3.05, 3.63) is 11.1 Å². The van der Waals surface area contributed by atoms with Crippen LogP contribution >= 0.6 is 11.3 Å². The van der Waals surface area contributed by atoms with E-state index in [9.17, 15) is 9.90 Å². The normalized spacial score (nSPS) is 20.3. The Hall–Kier alpha value is -1.10. The quantitative estimate of drug-likeness (QED) is 0.922. The summed E-state index contributed by atoms with van der Waals surface area (Å²) in [5, 5.41) is 12.1. The molecule has 0 spiro atoms. The van der Waals surface area contributed by atoms with Gasteiger partial charge in [0.2, 0.25) is 0 Å². The van der Waals surface area contributed by atoms with Crippen LogP contribution in [0.4, 0.5) is 5.13 Å². The maximum Gasteiger partial charge on any atom is 0.315 e. The van der Waals surface area contributed by atoms with Crippen molar-refractivity contribution in [2.45, 2.75) is 52.0 Å². The molecule has 1 aliphatic heterocycles. The van der Waals surface area contributed by atoms with Gasteiger partial charge in [-0.25, -0.2) is 4.98 Å². The number of thiazole rings is 1. The van der Waals surface area contributed by atoms with Crippen LogP contribution in [-0.4, -0.2) is 28.6 Å². The van der Waals surface area contributed by atoms with Gasteiger partial charge in [-0.05, 0) is 32.6 Å². The molecule has 2 heterocycles. The molecule has 1 N–H and O–H groups in total. The van der Waals surface area contributed by atoms with Crippen molar-refractivity contribution in [2.75, 3.05) is 11.4 Å². The van der Waals surface area contributed by atoms with Crippen molar-refractivity contribution in [3.8, 4) is 0 Å². The molecule has 19 heavy (non-hydrogen) atoms. The van der Waals surface area contributed by atoms with Gasteiger partial charge in [-0.2, -0.15) is 0 Å². The number of hydrogen-bond acceptors (Lipinski definition) is 4. The van der Waals surface area contributed by atoms with Crippen molar-refractivity contribution in [3.63, 3.8) is 0 Å². The van der Waals surface area contributed by atoms with Crippen LogP contribution in [0.3, 0.4) is 0 Å². The summed E-state index contributed by atoms with van der Waals surface area (Å²) in [7, 11) is 0. The van der Waals surface area contributed by atoms with E-state index in [1.54, 1.807) is 25.2 Å². The van der Waals surface area contributed by atoms with E-state index in [4.69, 9.17) is 0 Å². The Morgan fingerprint density at radius 3 is 2.84 bits per heavy atom. The van der Waals surface area contributed by atoms with Gasteiger partial charge in [-0.15, -0.1) is 11.3 Å². The van der Waals surface area contributed by atoms with Gasteiger partial charge in [0, 0.05) is 18.0 Å². The molecule has 4 nitrogen and oxygen atoms in total. The SMILES string of the molecule is CC(C)C1CCCN1c1nc(C(C)(C)C(=O)O)cs1. The highest BCUT2D eigenvalue weighted by molar-refractivity contribution is 7.13. The minimum absolute atomic E-state index is 0.534. The fourth-order valence-corrected chi connectivity index (χ4v) is 3.59. The maximum atomic E-state index is 11.3. The Labute approximate surface area is 118 Å². The Balaban J connectivity index is 2.24. The van der Waals surface area contributed by atoms with Gasteiger partial charge in [0.05, 0.1) is 5.69 Å². The number of aliphatic carboxylic acids is 1. The molecule has 0 aromatic carbocycles. The average Bonchev–Trinajstić information content (AvgIpc) is 2.97. The Kier molecular flexibility index (Phi) is 3.85. The summed E-state index contributed by atoms with van der Waals surface area (Å²) in [4.78, 5) is 18.2. The number of nitrogens with zero attached hydrogens (tertiary/aromatic N) is 2. The second-order valence-corrected chi connectivity index (χ2v) is 6.93. The lowest BCUT2D eigenvalue weighted by Crippen LogP contribution is -2.34. The van der Waals surface area contributed by atoms with E-state index in [1.165, 1.54) is 12.8 Å². The third-order valence-corrected chi connectivity index (χ3v) is 4.86. The standard InChI is InChI=1S/C14H22N2O2S/c1-9(2)10-6-5-7-16(10)13-15-11(8-19-13)14(3,4)12(17)18/h8-10H,5-7H2,1-4H3,(H,17,18). The van der Waals surface area contributed by atoms with Gasteiger partial charge in [-0.1, -0.05) is 13.8 Å². The summed E-state index contributed by atoms with van der Waals surface area (Å²) in [6.07, 6.45) is 2.40. The fourth-order valence-electron chi connectivity index (χ4n) is 2.52. The Morgan fingerprint density at radius 2 is 2.26 bits per heavy atom. The molecule has 1 aromatic heterocycles. The summed E-state index contributed by atoms with van der Waals surface area (Å²) in [6, 6.07) is 0.534. The minimum atomic E-state index is -0.915. The van der Waals surface area contributed by atoms with Crippen LogP contribution in [0.5, 0.6) is 0 Å². The molecule has 1 atom stereocenters. The molecule has 5 heteroatoms. The smallest absolute Gasteiger partial charge is 0.315 e. The summed E-state index contributed by atoms with van der Waals surface area (Å²) < 4.78 is 0. The molecule has 0 aliphatic carbocycles. The maximum absolute atomic E-state index is 11.3. The van der Waals surface area contributed by atoms with Crippen molar-refractivity contribution < 1.29 is 9.90 Å². The first-order valence-corrected chi connectivity index (χ1v) is 7.68. The molecule has 1 unspecified atom stereocenters. The van der Waals surface area contributed by atoms with Crippen molar-refractivity contribution in [1.29, 1.82) is 0 Å². The first-order valence-electron chi connectivity index (χ1n) is 6.80. The summed E-state index contributed by atoms with van der Waals surface area (Å²) >= 11 is 1.56. The Morgan fingerprint density at radius 1 is 1.58 bits per heavy atom. The largest absolute Gasteiger partial charge is 0.481 e. The predicted octanol–water partition coefficient (Wildman–Crippen LogP) is 3.13. The average molecular weight is 282 g/mol. The number of carbonyl (C=O) groups is 1. The zero-order valence-corrected chi connectivity index (χ0v) is 12.8. The molecule has 1 aliphatic rings. The number of aromatic nitrogens is 1. The molecule has 1 saturated heterocycles. The van der Waals surface area contributed by atoms with Crippen LogP contribution in [0, 0.1) is 5.92 Å². The summed E-state index contributed by atoms with van der Waals surface area (Å²) in [5.74, 6) is -0.228. The minimum Gasteiger partial charge on any atom is -0.481 e. The van der Waals surface area contributed by atoms with Crippen molar-refractivity contribution in [2.24, 2.45) is 5.92 Å². The molecule has 2 rings (SSSR count). The predicted molar refractivity (Wildman–Crippen MR) is 78.0 cm³/mol. The lowest BCUT2D eigenvalue weighted by molar-refractivity contribution is -0.142. The first-order chi connectivity index (χ1) is 8.84. The van der Waals surface area contributed by atoms with Crippen LogP contribution in [0.1, 0.15) is 46.2 Å². The van der Waals surface area contributed by atoms with E-state index < -0.39 is 11.4 Å². The van der Waals surface area contributed by atoms with Gasteiger partial charge < -0.3 is 10.0 Å². The zero-order chi connectivity index (χ0) is 14.2. The van der Waals surface area contributed by atoms with Gasteiger partial charge in [0.25, 0.3) is 0 Å². The highest BCUT2D eigenvalue weighted by Gasteiger charge is 2.34. The highest BCUT2D eigenvalue weighted by Crippen LogP contribution is 2.34. The van der Waals surface area contributed by atoms with E-state index in [0.717, 1.165) is 11.7 Å². The third-order valence-electron chi connectivity index (χ3n) is 3.98. The number of carboxylic acid groups (broad SMARTS) is 1. The second kappa shape index (κ2) is 5.12. The second-order valence-electron chi connectivity index (χ2n) is 6.09. The number of anilines is 1. The van der Waals surface area contributed by atoms with Crippen LogP contribution < -0.4 is 4.90 Å². The summed E-state index contributed by atoms with van der Waals surface area (Å²) in [6.45, 7) is 8.91. The molecular formula is C14H22N2O2S. The highest BCUT2D eigenvalue weighted by atomic mass is 32.1. The van der Waals surface area contributed by atoms with Gasteiger partial charge >= 0.3 is 5.97 Å². The Bertz CT molecular complexity index is 468. The molecule has 0 bridgehead atoms. The number of carboxylic acids is 1. The monoisotopic (exact) mass is 282 g/mol. The van der Waals surface area contributed by atoms with Gasteiger partial charge in [-0.3, -0.25) is 4.79 Å². The molecule has 0 saturated carbocycles. The fraction of sp³-hybridized carbons (Fsp3) is 0.714. The zero-order valence-electron chi connectivity index (χ0n) is 12.0. The molecule has 1 aromatic rings. The van der Waals surface area contributed by atoms with Gasteiger partial charge in [0.1, 0.15) is 5.41 Å². The molecule has 106 valence electrons. The molecule has 1 fully saturated rings. The van der Waals surface area contributed by atoms with E-state index in [0.29, 0.717) is 17.7 Å². The van der Waals surface area contributed by atoms with Crippen molar-refractivity contribution in [1.82, 2.24) is 4.98 Å². The van der Waals surface area contributed by atoms with E-state index >= 15 is 0 Å². The summed E-state index contributed by atoms with van der Waals surface area (Å²) in [5.41, 5.74) is -0.253. The van der Waals surface area contributed by atoms with Crippen LogP contribution in [0.15, 0.2) is 5.38 Å². The van der Waals surface area contributed by atoms with Crippen LogP contribution in [-0.2, 0) is 10.2 Å². The number of hydrogen-bond donors (Lipinski definition) is 1. The van der Waals surface area contributed by atoms with Crippen molar-refractivity contribution >= 4 is 22.4 Å². The first kappa shape index (κ1) is 14.3. The van der Waals surface area contributed by atoms with Crippen LogP contribution in [0.2, 0.25) is 0 Å². The molecule has 0 radical (unpaired) electrons. The van der Waals surface area contributed by atoms with Gasteiger partial charge in [0.15, 0.2) is 5.13 Å². The topological polar surface area (TPSA) is 53.4 Å². The van der Waals surface area contributed by atoms with E-state index in [1.807, 2.05) is 5.38 Å². The third kappa shape index (κ3) is 2.61. The number of rotatable bonds is 4. The van der Waals surface area contributed by atoms with E-state index in [2.05, 4.69) is 23.7 Å². The van der Waals surface area contributed by atoms with E-state index in [-0.39, 0.29) is 0 Å².